The summed E-state index contributed by atoms with van der Waals surface area (Å²) in [7, 11) is 0. The van der Waals surface area contributed by atoms with E-state index in [1.807, 2.05) is 49.4 Å². The van der Waals surface area contributed by atoms with Crippen molar-refractivity contribution in [1.82, 2.24) is 4.98 Å². The highest BCUT2D eigenvalue weighted by atomic mass is 35.5. The number of halogens is 1. The van der Waals surface area contributed by atoms with Crippen LogP contribution in [0.1, 0.15) is 36.2 Å². The Bertz CT molecular complexity index is 1070. The highest BCUT2D eigenvalue weighted by Gasteiger charge is 2.21. The molecule has 0 fully saturated rings. The van der Waals surface area contributed by atoms with Crippen LogP contribution in [0, 0.1) is 6.92 Å². The molecule has 0 radical (unpaired) electrons. The van der Waals surface area contributed by atoms with Crippen molar-refractivity contribution in [3.8, 4) is 0 Å². The van der Waals surface area contributed by atoms with E-state index in [-0.39, 0.29) is 10.7 Å². The van der Waals surface area contributed by atoms with Crippen LogP contribution in [0.5, 0.6) is 0 Å². The predicted octanol–water partition coefficient (Wildman–Crippen LogP) is 7.84. The summed E-state index contributed by atoms with van der Waals surface area (Å²) in [5, 5.41) is 4.70. The molecule has 7 heteroatoms. The maximum absolute atomic E-state index is 12.8. The van der Waals surface area contributed by atoms with Crippen LogP contribution in [0.15, 0.2) is 64.5 Å². The standard InChI is InChI=1S/C26H29ClN2OS3/c1-17-14-22(31-4)24(25(28-17)32-5)29-23(30)15-18-6-10-20(11-7-18)26(2,3)33-16-19-8-12-21(27)13-9-19/h6-14H,15-16H2,1-5H3,(H,29,30). The fourth-order valence-electron chi connectivity index (χ4n) is 3.36. The second kappa shape index (κ2) is 11.7. The molecule has 3 aromatic rings. The Hall–Kier alpha value is -1.60. The summed E-state index contributed by atoms with van der Waals surface area (Å²) in [6.07, 6.45) is 4.32. The summed E-state index contributed by atoms with van der Waals surface area (Å²) < 4.78 is -0.0471. The van der Waals surface area contributed by atoms with Crippen molar-refractivity contribution in [2.75, 3.05) is 17.8 Å². The minimum Gasteiger partial charge on any atom is -0.323 e. The molecule has 0 aliphatic heterocycles. The molecular formula is C26H29ClN2OS3. The van der Waals surface area contributed by atoms with Gasteiger partial charge in [-0.3, -0.25) is 4.79 Å². The molecule has 0 atom stereocenters. The molecule has 2 aromatic carbocycles. The van der Waals surface area contributed by atoms with Crippen molar-refractivity contribution in [3.63, 3.8) is 0 Å². The van der Waals surface area contributed by atoms with E-state index in [2.05, 4.69) is 60.5 Å². The van der Waals surface area contributed by atoms with Crippen molar-refractivity contribution in [1.29, 1.82) is 0 Å². The Morgan fingerprint density at radius 2 is 1.64 bits per heavy atom. The monoisotopic (exact) mass is 516 g/mol. The molecule has 1 heterocycles. The number of nitrogens with one attached hydrogen (secondary N) is 1. The van der Waals surface area contributed by atoms with E-state index in [0.717, 1.165) is 37.6 Å². The number of rotatable bonds is 9. The van der Waals surface area contributed by atoms with Gasteiger partial charge in [-0.05, 0) is 68.2 Å². The Labute approximate surface area is 214 Å². The van der Waals surface area contributed by atoms with Gasteiger partial charge in [-0.2, -0.15) is 0 Å². The predicted molar refractivity (Wildman–Crippen MR) is 147 cm³/mol. The maximum Gasteiger partial charge on any atom is 0.228 e. The summed E-state index contributed by atoms with van der Waals surface area (Å²) in [5.74, 6) is 0.879. The Kier molecular flexibility index (Phi) is 9.22. The number of nitrogens with zero attached hydrogens (tertiary/aromatic N) is 1. The molecule has 3 rings (SSSR count). The molecule has 0 saturated carbocycles. The molecule has 3 nitrogen and oxygen atoms in total. The number of aromatic nitrogens is 1. The number of benzene rings is 2. The maximum atomic E-state index is 12.8. The smallest absolute Gasteiger partial charge is 0.228 e. The highest BCUT2D eigenvalue weighted by Crippen LogP contribution is 2.38. The van der Waals surface area contributed by atoms with Crippen molar-refractivity contribution in [2.24, 2.45) is 0 Å². The first-order valence-corrected chi connectivity index (χ1v) is 14.4. The molecule has 1 aromatic heterocycles. The van der Waals surface area contributed by atoms with Gasteiger partial charge in [0.25, 0.3) is 0 Å². The van der Waals surface area contributed by atoms with E-state index < -0.39 is 0 Å². The van der Waals surface area contributed by atoms with E-state index in [1.54, 1.807) is 23.5 Å². The van der Waals surface area contributed by atoms with Crippen LogP contribution in [0.25, 0.3) is 0 Å². The number of hydrogen-bond donors (Lipinski definition) is 1. The minimum absolute atomic E-state index is 0.0321. The van der Waals surface area contributed by atoms with Gasteiger partial charge < -0.3 is 5.32 Å². The van der Waals surface area contributed by atoms with Crippen LogP contribution in [0.3, 0.4) is 0 Å². The molecule has 0 aliphatic rings. The summed E-state index contributed by atoms with van der Waals surface area (Å²) in [4.78, 5) is 18.4. The zero-order valence-corrected chi connectivity index (χ0v) is 22.8. The number of amides is 1. The van der Waals surface area contributed by atoms with Crippen LogP contribution in [-0.4, -0.2) is 23.4 Å². The zero-order valence-electron chi connectivity index (χ0n) is 19.6. The van der Waals surface area contributed by atoms with Crippen molar-refractivity contribution < 1.29 is 4.79 Å². The number of hydrogen-bond acceptors (Lipinski definition) is 5. The Morgan fingerprint density at radius 3 is 2.24 bits per heavy atom. The van der Waals surface area contributed by atoms with Gasteiger partial charge in [0, 0.05) is 26.1 Å². The first-order valence-electron chi connectivity index (χ1n) is 10.6. The SMILES string of the molecule is CSc1cc(C)nc(SC)c1NC(=O)Cc1ccc(C(C)(C)SCc2ccc(Cl)cc2)cc1. The minimum atomic E-state index is -0.0471. The average molecular weight is 517 g/mol. The van der Waals surface area contributed by atoms with Crippen LogP contribution in [-0.2, 0) is 21.7 Å². The van der Waals surface area contributed by atoms with Gasteiger partial charge in [0.15, 0.2) is 0 Å². The van der Waals surface area contributed by atoms with E-state index in [4.69, 9.17) is 11.6 Å². The number of carbonyl (C=O) groups is 1. The lowest BCUT2D eigenvalue weighted by atomic mass is 10.00. The molecule has 0 aliphatic carbocycles. The second-order valence-electron chi connectivity index (χ2n) is 8.20. The van der Waals surface area contributed by atoms with E-state index >= 15 is 0 Å². The largest absolute Gasteiger partial charge is 0.323 e. The van der Waals surface area contributed by atoms with Gasteiger partial charge in [0.2, 0.25) is 5.91 Å². The third kappa shape index (κ3) is 7.19. The number of anilines is 1. The van der Waals surface area contributed by atoms with Crippen molar-refractivity contribution >= 4 is 58.5 Å². The lowest BCUT2D eigenvalue weighted by Crippen LogP contribution is -2.17. The van der Waals surface area contributed by atoms with Gasteiger partial charge >= 0.3 is 0 Å². The van der Waals surface area contributed by atoms with Crippen LogP contribution >= 0.6 is 46.9 Å². The van der Waals surface area contributed by atoms with E-state index in [1.165, 1.54) is 11.1 Å². The molecular weight excluding hydrogens is 488 g/mol. The third-order valence-corrected chi connectivity index (χ3v) is 8.41. The lowest BCUT2D eigenvalue weighted by Gasteiger charge is -2.25. The Morgan fingerprint density at radius 1 is 1.00 bits per heavy atom. The fraction of sp³-hybridized carbons (Fsp3) is 0.308. The number of carbonyl (C=O) groups excluding carboxylic acids is 1. The Balaban J connectivity index is 1.64. The zero-order chi connectivity index (χ0) is 24.0. The molecule has 0 spiro atoms. The van der Waals surface area contributed by atoms with Gasteiger partial charge in [-0.15, -0.1) is 35.3 Å². The number of pyridine rings is 1. The molecule has 174 valence electrons. The first kappa shape index (κ1) is 26.0. The van der Waals surface area contributed by atoms with Gasteiger partial charge in [0.05, 0.1) is 12.1 Å². The topological polar surface area (TPSA) is 42.0 Å². The van der Waals surface area contributed by atoms with Gasteiger partial charge in [-0.1, -0.05) is 48.0 Å². The third-order valence-electron chi connectivity index (χ3n) is 5.28. The average Bonchev–Trinajstić information content (AvgIpc) is 2.79. The lowest BCUT2D eigenvalue weighted by molar-refractivity contribution is -0.115. The van der Waals surface area contributed by atoms with Gasteiger partial charge in [0.1, 0.15) is 5.03 Å². The van der Waals surface area contributed by atoms with E-state index in [9.17, 15) is 4.79 Å². The summed E-state index contributed by atoms with van der Waals surface area (Å²) in [6.45, 7) is 6.43. The molecule has 33 heavy (non-hydrogen) atoms. The van der Waals surface area contributed by atoms with Crippen molar-refractivity contribution in [3.05, 3.63) is 82.0 Å². The second-order valence-corrected chi connectivity index (χ2v) is 11.9. The van der Waals surface area contributed by atoms with Crippen LogP contribution in [0.4, 0.5) is 5.69 Å². The summed E-state index contributed by atoms with van der Waals surface area (Å²) >= 11 is 11.0. The van der Waals surface area contributed by atoms with E-state index in [0.29, 0.717) is 6.42 Å². The number of aryl methyl sites for hydroxylation is 1. The molecule has 0 saturated heterocycles. The van der Waals surface area contributed by atoms with Crippen molar-refractivity contribution in [2.45, 2.75) is 47.6 Å². The fourth-order valence-corrected chi connectivity index (χ4v) is 5.81. The van der Waals surface area contributed by atoms with Crippen LogP contribution in [0.2, 0.25) is 5.02 Å². The molecule has 0 unspecified atom stereocenters. The summed E-state index contributed by atoms with van der Waals surface area (Å²) in [6, 6.07) is 18.4. The van der Waals surface area contributed by atoms with Crippen LogP contribution < -0.4 is 5.32 Å². The summed E-state index contributed by atoms with van der Waals surface area (Å²) in [5.41, 5.74) is 5.25. The quantitative estimate of drug-likeness (QED) is 0.293. The molecule has 0 bridgehead atoms. The van der Waals surface area contributed by atoms with Gasteiger partial charge in [-0.25, -0.2) is 4.98 Å². The highest BCUT2D eigenvalue weighted by molar-refractivity contribution is 7.99. The molecule has 1 amide bonds. The normalized spacial score (nSPS) is 11.5. The molecule has 1 N–H and O–H groups in total. The number of thioether (sulfide) groups is 3. The first-order chi connectivity index (χ1) is 15.7.